The summed E-state index contributed by atoms with van der Waals surface area (Å²) in [5.41, 5.74) is 2.49. The first-order chi connectivity index (χ1) is 9.60. The van der Waals surface area contributed by atoms with Crippen molar-refractivity contribution in [2.24, 2.45) is 0 Å². The minimum Gasteiger partial charge on any atom is -0.322 e. The number of carbonyl (C=O) groups excluding carboxylic acids is 1. The number of amides is 1. The van der Waals surface area contributed by atoms with Gasteiger partial charge in [0.1, 0.15) is 4.60 Å². The maximum atomic E-state index is 12.1. The van der Waals surface area contributed by atoms with E-state index in [0.29, 0.717) is 15.9 Å². The average molecular weight is 334 g/mol. The number of carbonyl (C=O) groups is 1. The second kappa shape index (κ2) is 6.63. The van der Waals surface area contributed by atoms with Crippen LogP contribution in [0, 0.1) is 0 Å². The number of anilines is 1. The van der Waals surface area contributed by atoms with E-state index in [1.807, 2.05) is 31.3 Å². The largest absolute Gasteiger partial charge is 0.322 e. The van der Waals surface area contributed by atoms with E-state index >= 15 is 0 Å². The first kappa shape index (κ1) is 14.7. The normalized spacial score (nSPS) is 11.9. The summed E-state index contributed by atoms with van der Waals surface area (Å²) in [5, 5.41) is 6.00. The van der Waals surface area contributed by atoms with Crippen molar-refractivity contribution in [3.8, 4) is 0 Å². The third-order valence-electron chi connectivity index (χ3n) is 3.09. The van der Waals surface area contributed by atoms with Gasteiger partial charge in [0.05, 0.1) is 0 Å². The number of nitrogens with zero attached hydrogens (tertiary/aromatic N) is 1. The Morgan fingerprint density at radius 3 is 2.55 bits per heavy atom. The van der Waals surface area contributed by atoms with Gasteiger partial charge in [-0.3, -0.25) is 4.79 Å². The van der Waals surface area contributed by atoms with Crippen LogP contribution in [0.2, 0.25) is 0 Å². The van der Waals surface area contributed by atoms with Crippen LogP contribution < -0.4 is 10.6 Å². The summed E-state index contributed by atoms with van der Waals surface area (Å²) >= 11 is 3.27. The second-order valence-electron chi connectivity index (χ2n) is 4.45. The number of rotatable bonds is 4. The van der Waals surface area contributed by atoms with Crippen molar-refractivity contribution in [2.45, 2.75) is 13.0 Å². The molecule has 0 fully saturated rings. The molecule has 0 spiro atoms. The highest BCUT2D eigenvalue weighted by Gasteiger charge is 2.08. The molecule has 4 nitrogen and oxygen atoms in total. The Morgan fingerprint density at radius 1 is 1.25 bits per heavy atom. The first-order valence-electron chi connectivity index (χ1n) is 6.30. The van der Waals surface area contributed by atoms with E-state index in [4.69, 9.17) is 0 Å². The third-order valence-corrected chi connectivity index (χ3v) is 3.52. The molecule has 0 saturated heterocycles. The lowest BCUT2D eigenvalue weighted by molar-refractivity contribution is 0.102. The molecule has 1 heterocycles. The number of benzene rings is 1. The Kier molecular flexibility index (Phi) is 4.87. The zero-order valence-corrected chi connectivity index (χ0v) is 12.9. The minimum absolute atomic E-state index is 0.133. The molecule has 1 atom stereocenters. The Labute approximate surface area is 126 Å². The smallest absolute Gasteiger partial charge is 0.255 e. The fourth-order valence-electron chi connectivity index (χ4n) is 1.77. The van der Waals surface area contributed by atoms with Crippen molar-refractivity contribution < 1.29 is 4.79 Å². The van der Waals surface area contributed by atoms with Gasteiger partial charge in [-0.25, -0.2) is 4.98 Å². The Hall–Kier alpha value is -1.72. The van der Waals surface area contributed by atoms with Crippen LogP contribution >= 0.6 is 15.9 Å². The quantitative estimate of drug-likeness (QED) is 0.843. The standard InChI is InChI=1S/C15H16BrN3O/c1-10(17-2)11-3-5-12(6-4-11)15(20)19-13-7-8-18-14(16)9-13/h3-10,17H,1-2H3,(H,18,19,20). The maximum Gasteiger partial charge on any atom is 0.255 e. The zero-order valence-electron chi connectivity index (χ0n) is 11.4. The molecular formula is C15H16BrN3O. The van der Waals surface area contributed by atoms with Crippen molar-refractivity contribution in [1.82, 2.24) is 10.3 Å². The monoisotopic (exact) mass is 333 g/mol. The molecule has 0 bridgehead atoms. The average Bonchev–Trinajstić information content (AvgIpc) is 2.46. The molecule has 1 amide bonds. The molecule has 5 heteroatoms. The molecule has 0 aliphatic carbocycles. The molecule has 1 unspecified atom stereocenters. The lowest BCUT2D eigenvalue weighted by Crippen LogP contribution is -2.14. The lowest BCUT2D eigenvalue weighted by Gasteiger charge is -2.11. The van der Waals surface area contributed by atoms with Crippen LogP contribution in [0.15, 0.2) is 47.2 Å². The predicted molar refractivity (Wildman–Crippen MR) is 83.8 cm³/mol. The third kappa shape index (κ3) is 3.65. The summed E-state index contributed by atoms with van der Waals surface area (Å²) < 4.78 is 0.688. The van der Waals surface area contributed by atoms with E-state index in [1.54, 1.807) is 18.3 Å². The van der Waals surface area contributed by atoms with Crippen LogP contribution in [0.5, 0.6) is 0 Å². The fraction of sp³-hybridized carbons (Fsp3) is 0.200. The number of hydrogen-bond acceptors (Lipinski definition) is 3. The SMILES string of the molecule is CNC(C)c1ccc(C(=O)Nc2ccnc(Br)c2)cc1. The van der Waals surface area contributed by atoms with Crippen molar-refractivity contribution in [3.05, 3.63) is 58.3 Å². The molecule has 104 valence electrons. The molecule has 1 aromatic heterocycles. The van der Waals surface area contributed by atoms with Gasteiger partial charge >= 0.3 is 0 Å². The minimum atomic E-state index is -0.133. The number of hydrogen-bond donors (Lipinski definition) is 2. The first-order valence-corrected chi connectivity index (χ1v) is 7.09. The van der Waals surface area contributed by atoms with E-state index in [0.717, 1.165) is 5.56 Å². The number of pyridine rings is 1. The van der Waals surface area contributed by atoms with Gasteiger partial charge in [-0.15, -0.1) is 0 Å². The van der Waals surface area contributed by atoms with Crippen LogP contribution in [-0.2, 0) is 0 Å². The van der Waals surface area contributed by atoms with Gasteiger partial charge in [0.2, 0.25) is 0 Å². The Bertz CT molecular complexity index is 598. The maximum absolute atomic E-state index is 12.1. The summed E-state index contributed by atoms with van der Waals surface area (Å²) in [5.74, 6) is -0.133. The Morgan fingerprint density at radius 2 is 1.95 bits per heavy atom. The van der Waals surface area contributed by atoms with Gasteiger partial charge in [-0.05, 0) is 59.7 Å². The molecule has 2 rings (SSSR count). The van der Waals surface area contributed by atoms with Gasteiger partial charge in [0.15, 0.2) is 0 Å². The predicted octanol–water partition coefficient (Wildman–Crippen LogP) is 3.38. The van der Waals surface area contributed by atoms with Gasteiger partial charge < -0.3 is 10.6 Å². The van der Waals surface area contributed by atoms with Crippen molar-refractivity contribution in [2.75, 3.05) is 12.4 Å². The van der Waals surface area contributed by atoms with E-state index in [9.17, 15) is 4.79 Å². The van der Waals surface area contributed by atoms with E-state index in [-0.39, 0.29) is 11.9 Å². The molecule has 0 aliphatic rings. The summed E-state index contributed by atoms with van der Waals surface area (Å²) in [6, 6.07) is 11.3. The van der Waals surface area contributed by atoms with Crippen molar-refractivity contribution in [3.63, 3.8) is 0 Å². The van der Waals surface area contributed by atoms with Crippen LogP contribution in [0.3, 0.4) is 0 Å². The number of halogens is 1. The summed E-state index contributed by atoms with van der Waals surface area (Å²) in [4.78, 5) is 16.1. The molecule has 0 saturated carbocycles. The van der Waals surface area contributed by atoms with Crippen LogP contribution in [-0.4, -0.2) is 17.9 Å². The highest BCUT2D eigenvalue weighted by Crippen LogP contribution is 2.16. The molecule has 2 aromatic rings. The summed E-state index contributed by atoms with van der Waals surface area (Å²) in [7, 11) is 1.91. The number of nitrogens with one attached hydrogen (secondary N) is 2. The molecule has 0 aliphatic heterocycles. The Balaban J connectivity index is 2.09. The lowest BCUT2D eigenvalue weighted by atomic mass is 10.1. The van der Waals surface area contributed by atoms with E-state index in [1.165, 1.54) is 0 Å². The second-order valence-corrected chi connectivity index (χ2v) is 5.27. The highest BCUT2D eigenvalue weighted by atomic mass is 79.9. The molecule has 20 heavy (non-hydrogen) atoms. The fourth-order valence-corrected chi connectivity index (χ4v) is 2.14. The zero-order chi connectivity index (χ0) is 14.5. The number of aromatic nitrogens is 1. The molecular weight excluding hydrogens is 318 g/mol. The highest BCUT2D eigenvalue weighted by molar-refractivity contribution is 9.10. The van der Waals surface area contributed by atoms with Gasteiger partial charge in [-0.2, -0.15) is 0 Å². The van der Waals surface area contributed by atoms with Crippen LogP contribution in [0.4, 0.5) is 5.69 Å². The topological polar surface area (TPSA) is 54.0 Å². The van der Waals surface area contributed by atoms with Gasteiger partial charge in [0, 0.05) is 23.5 Å². The van der Waals surface area contributed by atoms with E-state index in [2.05, 4.69) is 38.5 Å². The summed E-state index contributed by atoms with van der Waals surface area (Å²) in [6.45, 7) is 2.07. The molecule has 2 N–H and O–H groups in total. The van der Waals surface area contributed by atoms with Crippen LogP contribution in [0.25, 0.3) is 0 Å². The van der Waals surface area contributed by atoms with Crippen molar-refractivity contribution >= 4 is 27.5 Å². The van der Waals surface area contributed by atoms with Crippen LogP contribution in [0.1, 0.15) is 28.9 Å². The molecule has 1 aromatic carbocycles. The van der Waals surface area contributed by atoms with Gasteiger partial charge in [0.25, 0.3) is 5.91 Å². The molecule has 0 radical (unpaired) electrons. The van der Waals surface area contributed by atoms with E-state index < -0.39 is 0 Å². The van der Waals surface area contributed by atoms with Gasteiger partial charge in [-0.1, -0.05) is 12.1 Å². The van der Waals surface area contributed by atoms with Crippen molar-refractivity contribution in [1.29, 1.82) is 0 Å². The summed E-state index contributed by atoms with van der Waals surface area (Å²) in [6.07, 6.45) is 1.64.